The third-order valence-corrected chi connectivity index (χ3v) is 12.0. The van der Waals surface area contributed by atoms with Gasteiger partial charge in [0.2, 0.25) is 12.5 Å². The minimum atomic E-state index is -0.908. The van der Waals surface area contributed by atoms with Crippen molar-refractivity contribution in [3.05, 3.63) is 155 Å². The summed E-state index contributed by atoms with van der Waals surface area (Å²) in [6, 6.07) is 29.7. The van der Waals surface area contributed by atoms with Crippen LogP contribution in [0.15, 0.2) is 132 Å². The zero-order valence-corrected chi connectivity index (χ0v) is 36.0. The molecule has 310 valence electrons. The van der Waals surface area contributed by atoms with Crippen LogP contribution in [-0.2, 0) is 48.2 Å². The molecule has 4 amide bonds. The second-order valence-corrected chi connectivity index (χ2v) is 17.1. The van der Waals surface area contributed by atoms with Gasteiger partial charge in [-0.25, -0.2) is 9.59 Å². The lowest BCUT2D eigenvalue weighted by Gasteiger charge is -2.49. The molecule has 2 atom stereocenters. The number of allylic oxidation sites excluding steroid dienone is 1. The first kappa shape index (κ1) is 42.4. The summed E-state index contributed by atoms with van der Waals surface area (Å²) in [5, 5.41) is 2.10. The van der Waals surface area contributed by atoms with Gasteiger partial charge in [-0.3, -0.25) is 19.3 Å². The number of halogens is 1. The van der Waals surface area contributed by atoms with E-state index in [1.807, 2.05) is 113 Å². The third-order valence-electron chi connectivity index (χ3n) is 10.7. The van der Waals surface area contributed by atoms with Crippen molar-refractivity contribution < 1.29 is 55.0 Å². The van der Waals surface area contributed by atoms with Crippen molar-refractivity contribution in [1.29, 1.82) is 0 Å². The molecule has 2 saturated heterocycles. The van der Waals surface area contributed by atoms with Crippen molar-refractivity contribution in [3.8, 4) is 0 Å². The number of hydrogen-bond acceptors (Lipinski definition) is 8. The van der Waals surface area contributed by atoms with Crippen LogP contribution in [-0.4, -0.2) is 75.4 Å². The lowest BCUT2D eigenvalue weighted by atomic mass is 10.00. The summed E-state index contributed by atoms with van der Waals surface area (Å²) in [5.41, 5.74) is 4.88. The molecule has 12 nitrogen and oxygen atoms in total. The molecular weight excluding hydrogens is 847 g/mol. The van der Waals surface area contributed by atoms with Crippen LogP contribution in [0, 0.1) is 0 Å². The van der Waals surface area contributed by atoms with Crippen LogP contribution in [0.4, 0.5) is 10.5 Å². The van der Waals surface area contributed by atoms with Crippen LogP contribution in [0.3, 0.4) is 0 Å². The summed E-state index contributed by atoms with van der Waals surface area (Å²) in [5.74, 6) is -1.03. The van der Waals surface area contributed by atoms with Gasteiger partial charge < -0.3 is 41.6 Å². The number of anilines is 1. The molecule has 2 fully saturated rings. The van der Waals surface area contributed by atoms with Crippen molar-refractivity contribution in [2.24, 2.45) is 0 Å². The lowest BCUT2D eigenvalue weighted by Crippen LogP contribution is -3.00. The number of carbonyl (C=O) groups is 5. The quantitative estimate of drug-likeness (QED) is 0.112. The minimum Gasteiger partial charge on any atom is -1.00 e. The summed E-state index contributed by atoms with van der Waals surface area (Å²) in [6.45, 7) is 6.94. The van der Waals surface area contributed by atoms with E-state index in [9.17, 15) is 24.0 Å². The van der Waals surface area contributed by atoms with Crippen molar-refractivity contribution >= 4 is 47.2 Å². The Morgan fingerprint density at radius 2 is 1.53 bits per heavy atom. The topological polar surface area (TPSA) is 129 Å². The second kappa shape index (κ2) is 17.9. The van der Waals surface area contributed by atoms with Gasteiger partial charge in [-0.1, -0.05) is 78.9 Å². The van der Waals surface area contributed by atoms with E-state index >= 15 is 0 Å². The fraction of sp³-hybridized carbons (Fsp3) is 0.304. The van der Waals surface area contributed by atoms with Gasteiger partial charge in [0, 0.05) is 48.8 Å². The fourth-order valence-electron chi connectivity index (χ4n) is 7.84. The van der Waals surface area contributed by atoms with Gasteiger partial charge in [0.1, 0.15) is 22.7 Å². The molecular formula is C46H46BrN5O7S. The lowest BCUT2D eigenvalue weighted by molar-refractivity contribution is -0.684. The van der Waals surface area contributed by atoms with Gasteiger partial charge in [0.25, 0.3) is 11.8 Å². The number of hydrogen-bond donors (Lipinski definition) is 1. The molecule has 8 rings (SSSR count). The molecule has 0 bridgehead atoms. The normalized spacial score (nSPS) is 19.1. The number of thioether (sulfide) groups is 1. The first-order valence-corrected chi connectivity index (χ1v) is 20.8. The average molecular weight is 893 g/mol. The van der Waals surface area contributed by atoms with Crippen LogP contribution >= 0.6 is 11.8 Å². The molecule has 4 aromatic rings. The van der Waals surface area contributed by atoms with E-state index in [1.165, 1.54) is 22.2 Å². The Kier molecular flexibility index (Phi) is 12.6. The summed E-state index contributed by atoms with van der Waals surface area (Å²) in [4.78, 5) is 73.0. The standard InChI is InChI=1S/C46H45N5O7S.BrH/c1-46(2,3)58-45(56)47-38-42(54)51-39(44(55)57-40(32-13-6-4-7-14-32)33-15-8-5-9-16-33)35(29-59-43(38)51)26-34-20-24-49(41(34)53)27-30-18-22-48(23-19-30)28-37(52)50-25-21-31-12-10-11-17-36(31)50;/h4-19,22-23,26,38,40,43H,20-21,24-25,27-29H2,1-3H3;1H/t38-,43-;/m1./s1. The zero-order chi connectivity index (χ0) is 41.3. The number of pyridine rings is 1. The number of nitrogens with zero attached hydrogens (tertiary/aromatic N) is 4. The Balaban J connectivity index is 0.00000544. The number of para-hydroxylation sites is 1. The predicted molar refractivity (Wildman–Crippen MR) is 221 cm³/mol. The molecule has 0 saturated carbocycles. The Hall–Kier alpha value is -5.73. The highest BCUT2D eigenvalue weighted by Crippen LogP contribution is 2.43. The number of likely N-dealkylation sites (tertiary alicyclic amines) is 1. The second-order valence-electron chi connectivity index (χ2n) is 16.0. The molecule has 0 unspecified atom stereocenters. The largest absolute Gasteiger partial charge is 1.00 e. The average Bonchev–Trinajstić information content (AvgIpc) is 3.82. The molecule has 1 N–H and O–H groups in total. The van der Waals surface area contributed by atoms with Crippen LogP contribution in [0.2, 0.25) is 0 Å². The molecule has 0 aliphatic carbocycles. The molecule has 1 aromatic heterocycles. The number of carbonyl (C=O) groups excluding carboxylic acids is 5. The van der Waals surface area contributed by atoms with Crippen molar-refractivity contribution in [2.45, 2.75) is 69.8 Å². The number of amides is 4. The molecule has 0 spiro atoms. The smallest absolute Gasteiger partial charge is 0.408 e. The summed E-state index contributed by atoms with van der Waals surface area (Å²) in [6.07, 6.45) is 5.25. The minimum absolute atomic E-state index is 0. The Labute approximate surface area is 364 Å². The van der Waals surface area contributed by atoms with E-state index in [4.69, 9.17) is 9.47 Å². The highest BCUT2D eigenvalue weighted by atomic mass is 79.9. The van der Waals surface area contributed by atoms with E-state index < -0.39 is 41.1 Å². The number of aromatic nitrogens is 1. The molecule has 5 heterocycles. The van der Waals surface area contributed by atoms with Crippen LogP contribution < -0.4 is 31.8 Å². The van der Waals surface area contributed by atoms with Gasteiger partial charge >= 0.3 is 12.1 Å². The van der Waals surface area contributed by atoms with E-state index in [0.29, 0.717) is 43.0 Å². The maximum atomic E-state index is 14.5. The van der Waals surface area contributed by atoms with E-state index in [0.717, 1.165) is 28.8 Å². The van der Waals surface area contributed by atoms with Gasteiger partial charge in [-0.15, -0.1) is 11.8 Å². The van der Waals surface area contributed by atoms with Gasteiger partial charge in [0.15, 0.2) is 18.5 Å². The Morgan fingerprint density at radius 3 is 2.20 bits per heavy atom. The number of nitrogens with one attached hydrogen (secondary N) is 1. The number of alkyl carbamates (subject to hydrolysis) is 1. The maximum Gasteiger partial charge on any atom is 0.408 e. The van der Waals surface area contributed by atoms with Gasteiger partial charge in [-0.05, 0) is 73.6 Å². The van der Waals surface area contributed by atoms with Crippen LogP contribution in [0.5, 0.6) is 0 Å². The number of β-lactam (4-membered cyclic amide) rings is 1. The highest BCUT2D eigenvalue weighted by molar-refractivity contribution is 8.00. The summed E-state index contributed by atoms with van der Waals surface area (Å²) >= 11 is 1.39. The summed E-state index contributed by atoms with van der Waals surface area (Å²) in [7, 11) is 0. The third kappa shape index (κ3) is 9.04. The van der Waals surface area contributed by atoms with Gasteiger partial charge in [-0.2, -0.15) is 4.57 Å². The van der Waals surface area contributed by atoms with Crippen molar-refractivity contribution in [3.63, 3.8) is 0 Å². The van der Waals surface area contributed by atoms with Crippen molar-refractivity contribution in [1.82, 2.24) is 15.1 Å². The maximum absolute atomic E-state index is 14.5. The van der Waals surface area contributed by atoms with Crippen LogP contribution in [0.25, 0.3) is 0 Å². The first-order chi connectivity index (χ1) is 28.4. The molecule has 60 heavy (non-hydrogen) atoms. The van der Waals surface area contributed by atoms with Gasteiger partial charge in [0.05, 0.1) is 0 Å². The number of rotatable bonds is 10. The molecule has 0 radical (unpaired) electrons. The number of esters is 1. The van der Waals surface area contributed by atoms with E-state index in [-0.39, 0.29) is 41.0 Å². The number of benzene rings is 3. The first-order valence-electron chi connectivity index (χ1n) is 19.8. The molecule has 3 aromatic carbocycles. The molecule has 4 aliphatic heterocycles. The van der Waals surface area contributed by atoms with E-state index in [2.05, 4.69) is 11.4 Å². The highest BCUT2D eigenvalue weighted by Gasteiger charge is 2.55. The SMILES string of the molecule is CC(C)(C)OC(=O)N[C@@H]1C(=O)N2C(C(=O)OC(c3ccccc3)c3ccccc3)=C(C=C3CCN(Cc4cc[n+](CC(=O)N5CCc6ccccc65)cc4)C3=O)CS[C@H]12.[Br-]. The van der Waals surface area contributed by atoms with Crippen LogP contribution in [0.1, 0.15) is 55.5 Å². The Bertz CT molecular complexity index is 2310. The van der Waals surface area contributed by atoms with Crippen molar-refractivity contribution in [2.75, 3.05) is 23.7 Å². The monoisotopic (exact) mass is 891 g/mol. The van der Waals surface area contributed by atoms with E-state index in [1.54, 1.807) is 31.7 Å². The number of ether oxygens (including phenoxy) is 2. The molecule has 14 heteroatoms. The number of fused-ring (bicyclic) bond motifs is 2. The summed E-state index contributed by atoms with van der Waals surface area (Å²) < 4.78 is 13.5. The zero-order valence-electron chi connectivity index (χ0n) is 33.6. The Morgan fingerprint density at radius 1 is 0.883 bits per heavy atom. The molecule has 4 aliphatic rings. The predicted octanol–water partition coefficient (Wildman–Crippen LogP) is 2.62. The fourth-order valence-corrected chi connectivity index (χ4v) is 9.15.